The molecule has 0 fully saturated rings. The van der Waals surface area contributed by atoms with Gasteiger partial charge in [0.05, 0.1) is 0 Å². The molecule has 2 nitrogen and oxygen atoms in total. The second-order valence-corrected chi connectivity index (χ2v) is 2.55. The number of benzene rings is 1. The van der Waals surface area contributed by atoms with Gasteiger partial charge < -0.3 is 4.74 Å². The molecule has 0 aliphatic rings. The zero-order chi connectivity index (χ0) is 10.6. The summed E-state index contributed by atoms with van der Waals surface area (Å²) in [6, 6.07) is 7.74. The van der Waals surface area contributed by atoms with Gasteiger partial charge in [-0.05, 0) is 0 Å². The summed E-state index contributed by atoms with van der Waals surface area (Å²) in [4.78, 5) is 10.5. The fourth-order valence-electron chi connectivity index (χ4n) is 0.940. The first kappa shape index (κ1) is 10.4. The highest BCUT2D eigenvalue weighted by atomic mass is 19.3. The van der Waals surface area contributed by atoms with Gasteiger partial charge in [0.15, 0.2) is 0 Å². The van der Waals surface area contributed by atoms with Crippen molar-refractivity contribution in [3.63, 3.8) is 0 Å². The lowest BCUT2D eigenvalue weighted by Gasteiger charge is -2.04. The van der Waals surface area contributed by atoms with E-state index < -0.39 is 17.8 Å². The van der Waals surface area contributed by atoms with Gasteiger partial charge in [0.2, 0.25) is 5.76 Å². The van der Waals surface area contributed by atoms with Crippen LogP contribution in [0.25, 0.3) is 5.76 Å². The fraction of sp³-hybridized carbons (Fsp3) is 0.100. The molecule has 0 atom stereocenters. The van der Waals surface area contributed by atoms with E-state index in [-0.39, 0.29) is 5.56 Å². The van der Waals surface area contributed by atoms with E-state index in [1.807, 2.05) is 0 Å². The second-order valence-electron chi connectivity index (χ2n) is 2.55. The lowest BCUT2D eigenvalue weighted by atomic mass is 10.2. The molecule has 0 aliphatic carbocycles. The Balaban J connectivity index is 3.03. The van der Waals surface area contributed by atoms with Crippen LogP contribution in [0.2, 0.25) is 0 Å². The van der Waals surface area contributed by atoms with Crippen LogP contribution in [-0.4, -0.2) is 5.97 Å². The van der Waals surface area contributed by atoms with Crippen LogP contribution < -0.4 is 0 Å². The normalized spacial score (nSPS) is 9.36. The number of hydrogen-bond acceptors (Lipinski definition) is 2. The van der Waals surface area contributed by atoms with Gasteiger partial charge in [-0.3, -0.25) is 4.79 Å². The van der Waals surface area contributed by atoms with Gasteiger partial charge in [-0.25, -0.2) is 0 Å². The molecule has 1 aromatic carbocycles. The number of esters is 1. The van der Waals surface area contributed by atoms with Crippen molar-refractivity contribution in [3.05, 3.63) is 42.0 Å². The van der Waals surface area contributed by atoms with Gasteiger partial charge in [0.1, 0.15) is 0 Å². The Kier molecular flexibility index (Phi) is 3.34. The number of halogens is 2. The van der Waals surface area contributed by atoms with Crippen molar-refractivity contribution >= 4 is 11.7 Å². The van der Waals surface area contributed by atoms with Crippen molar-refractivity contribution in [3.8, 4) is 0 Å². The maximum absolute atomic E-state index is 12.3. The first-order valence-electron chi connectivity index (χ1n) is 3.90. The summed E-state index contributed by atoms with van der Waals surface area (Å²) in [6.45, 7) is 1.08. The summed E-state index contributed by atoms with van der Waals surface area (Å²) in [6.07, 6.45) is -2.01. The standard InChI is InChI=1S/C10H8F2O2/c1-7(13)14-9(10(11)12)8-5-3-2-4-6-8/h2-6H,1H3. The Bertz CT molecular complexity index is 354. The second kappa shape index (κ2) is 4.50. The van der Waals surface area contributed by atoms with E-state index in [1.165, 1.54) is 12.1 Å². The average Bonchev–Trinajstić information content (AvgIpc) is 2.15. The molecule has 0 spiro atoms. The van der Waals surface area contributed by atoms with E-state index in [4.69, 9.17) is 0 Å². The largest absolute Gasteiger partial charge is 0.420 e. The average molecular weight is 198 g/mol. The fourth-order valence-corrected chi connectivity index (χ4v) is 0.940. The Morgan fingerprint density at radius 1 is 1.21 bits per heavy atom. The molecule has 0 amide bonds. The highest BCUT2D eigenvalue weighted by Gasteiger charge is 2.12. The monoisotopic (exact) mass is 198 g/mol. The van der Waals surface area contributed by atoms with Crippen molar-refractivity contribution in [2.45, 2.75) is 6.92 Å². The minimum absolute atomic E-state index is 0.183. The molecule has 1 rings (SSSR count). The predicted octanol–water partition coefficient (Wildman–Crippen LogP) is 2.81. The molecule has 0 N–H and O–H groups in total. The number of rotatable bonds is 2. The van der Waals surface area contributed by atoms with Crippen molar-refractivity contribution in [2.75, 3.05) is 0 Å². The van der Waals surface area contributed by atoms with Crippen LogP contribution in [0, 0.1) is 0 Å². The SMILES string of the molecule is CC(=O)OC(=C(F)F)c1ccccc1. The third kappa shape index (κ3) is 2.65. The van der Waals surface area contributed by atoms with E-state index >= 15 is 0 Å². The zero-order valence-corrected chi connectivity index (χ0v) is 7.46. The Morgan fingerprint density at radius 2 is 1.79 bits per heavy atom. The van der Waals surface area contributed by atoms with Gasteiger partial charge in [0, 0.05) is 12.5 Å². The third-order valence-corrected chi connectivity index (χ3v) is 1.45. The highest BCUT2D eigenvalue weighted by Crippen LogP contribution is 2.21. The maximum atomic E-state index is 12.3. The van der Waals surface area contributed by atoms with Crippen LogP contribution in [0.1, 0.15) is 12.5 Å². The van der Waals surface area contributed by atoms with Crippen molar-refractivity contribution in [1.82, 2.24) is 0 Å². The molecule has 1 aromatic rings. The van der Waals surface area contributed by atoms with Gasteiger partial charge in [-0.15, -0.1) is 0 Å². The molecule has 0 aliphatic heterocycles. The van der Waals surface area contributed by atoms with Gasteiger partial charge in [0.25, 0.3) is 0 Å². The molecule has 0 heterocycles. The summed E-state index contributed by atoms with van der Waals surface area (Å²) in [5.41, 5.74) is 0.183. The molecule has 14 heavy (non-hydrogen) atoms. The van der Waals surface area contributed by atoms with Crippen LogP contribution in [0.15, 0.2) is 36.4 Å². The van der Waals surface area contributed by atoms with E-state index in [2.05, 4.69) is 4.74 Å². The molecule has 0 radical (unpaired) electrons. The van der Waals surface area contributed by atoms with Crippen LogP contribution in [-0.2, 0) is 9.53 Å². The molecule has 0 unspecified atom stereocenters. The minimum atomic E-state index is -2.01. The zero-order valence-electron chi connectivity index (χ0n) is 7.46. The molecule has 4 heteroatoms. The molecule has 0 saturated heterocycles. The molecular weight excluding hydrogens is 190 g/mol. The summed E-state index contributed by atoms with van der Waals surface area (Å²) in [5, 5.41) is 0. The van der Waals surface area contributed by atoms with Gasteiger partial charge in [-0.2, -0.15) is 8.78 Å². The van der Waals surface area contributed by atoms with E-state index in [1.54, 1.807) is 18.2 Å². The van der Waals surface area contributed by atoms with Crippen molar-refractivity contribution < 1.29 is 18.3 Å². The van der Waals surface area contributed by atoms with Crippen molar-refractivity contribution in [1.29, 1.82) is 0 Å². The number of ether oxygens (including phenoxy) is 1. The van der Waals surface area contributed by atoms with E-state index in [9.17, 15) is 13.6 Å². The number of carbonyl (C=O) groups excluding carboxylic acids is 1. The first-order chi connectivity index (χ1) is 6.61. The van der Waals surface area contributed by atoms with E-state index in [0.717, 1.165) is 6.92 Å². The Hall–Kier alpha value is -1.71. The lowest BCUT2D eigenvalue weighted by molar-refractivity contribution is -0.134. The topological polar surface area (TPSA) is 26.3 Å². The number of carbonyl (C=O) groups is 1. The summed E-state index contributed by atoms with van der Waals surface area (Å²) in [7, 11) is 0. The molecule has 0 bridgehead atoms. The van der Waals surface area contributed by atoms with Crippen LogP contribution >= 0.6 is 0 Å². The third-order valence-electron chi connectivity index (χ3n) is 1.45. The summed E-state index contributed by atoms with van der Waals surface area (Å²) >= 11 is 0. The minimum Gasteiger partial charge on any atom is -0.420 e. The first-order valence-corrected chi connectivity index (χ1v) is 3.90. The lowest BCUT2D eigenvalue weighted by Crippen LogP contribution is -1.99. The van der Waals surface area contributed by atoms with Crippen LogP contribution in [0.3, 0.4) is 0 Å². The summed E-state index contributed by atoms with van der Waals surface area (Å²) < 4.78 is 29.1. The summed E-state index contributed by atoms with van der Waals surface area (Å²) in [5.74, 6) is -1.45. The molecule has 74 valence electrons. The Morgan fingerprint density at radius 3 is 2.21 bits per heavy atom. The number of hydrogen-bond donors (Lipinski definition) is 0. The maximum Gasteiger partial charge on any atom is 0.313 e. The van der Waals surface area contributed by atoms with Gasteiger partial charge in [-0.1, -0.05) is 30.3 Å². The Labute approximate surface area is 79.8 Å². The van der Waals surface area contributed by atoms with Gasteiger partial charge >= 0.3 is 12.0 Å². The van der Waals surface area contributed by atoms with E-state index in [0.29, 0.717) is 0 Å². The smallest absolute Gasteiger partial charge is 0.313 e. The van der Waals surface area contributed by atoms with Crippen LogP contribution in [0.5, 0.6) is 0 Å². The van der Waals surface area contributed by atoms with Crippen LogP contribution in [0.4, 0.5) is 8.78 Å². The van der Waals surface area contributed by atoms with Crippen molar-refractivity contribution in [2.24, 2.45) is 0 Å². The highest BCUT2D eigenvalue weighted by molar-refractivity contribution is 5.76. The molecule has 0 aromatic heterocycles. The molecule has 0 saturated carbocycles. The predicted molar refractivity (Wildman–Crippen MR) is 47.3 cm³/mol. The quantitative estimate of drug-likeness (QED) is 0.539. The molecular formula is C10H8F2O2.